The summed E-state index contributed by atoms with van der Waals surface area (Å²) >= 11 is 4.79. The zero-order valence-electron chi connectivity index (χ0n) is 9.99. The second-order valence-electron chi connectivity index (χ2n) is 3.85. The third kappa shape index (κ3) is 2.42. The number of nitrogens with two attached hydrogens (primary N) is 1. The van der Waals surface area contributed by atoms with Crippen molar-refractivity contribution in [1.29, 1.82) is 0 Å². The molecule has 2 rings (SSSR count). The van der Waals surface area contributed by atoms with E-state index >= 15 is 0 Å². The molecule has 0 unspecified atom stereocenters. The standard InChI is InChI=1S/C13H12BrNO2S/c1-7-3-4-8(14)5-9(7)11-6-10(15)12(18-11)13(16)17-2/h3-6H,15H2,1-2H3. The van der Waals surface area contributed by atoms with E-state index in [4.69, 9.17) is 10.5 Å². The Bertz CT molecular complexity index is 607. The minimum atomic E-state index is -0.392. The lowest BCUT2D eigenvalue weighted by Gasteiger charge is -2.03. The fourth-order valence-electron chi connectivity index (χ4n) is 1.65. The number of benzene rings is 1. The van der Waals surface area contributed by atoms with Gasteiger partial charge in [-0.05, 0) is 36.2 Å². The predicted molar refractivity (Wildman–Crippen MR) is 77.9 cm³/mol. The van der Waals surface area contributed by atoms with Crippen LogP contribution in [0.3, 0.4) is 0 Å². The number of methoxy groups -OCH3 is 1. The van der Waals surface area contributed by atoms with Crippen LogP contribution in [0.25, 0.3) is 10.4 Å². The number of halogens is 1. The maximum Gasteiger partial charge on any atom is 0.350 e. The van der Waals surface area contributed by atoms with Crippen LogP contribution in [0.2, 0.25) is 0 Å². The molecule has 1 heterocycles. The van der Waals surface area contributed by atoms with E-state index in [-0.39, 0.29) is 0 Å². The highest BCUT2D eigenvalue weighted by Crippen LogP contribution is 2.36. The Kier molecular flexibility index (Phi) is 3.73. The Balaban J connectivity index is 2.52. The number of nitrogen functional groups attached to an aromatic ring is 1. The van der Waals surface area contributed by atoms with Crippen LogP contribution in [0, 0.1) is 6.92 Å². The second kappa shape index (κ2) is 5.12. The molecule has 5 heteroatoms. The fourth-order valence-corrected chi connectivity index (χ4v) is 3.09. The van der Waals surface area contributed by atoms with Gasteiger partial charge in [0.2, 0.25) is 0 Å². The van der Waals surface area contributed by atoms with Crippen molar-refractivity contribution in [2.45, 2.75) is 6.92 Å². The number of carbonyl (C=O) groups is 1. The Morgan fingerprint density at radius 1 is 1.39 bits per heavy atom. The first-order valence-electron chi connectivity index (χ1n) is 5.27. The van der Waals surface area contributed by atoms with Gasteiger partial charge in [0.1, 0.15) is 4.88 Å². The molecule has 0 bridgehead atoms. The number of rotatable bonds is 2. The van der Waals surface area contributed by atoms with E-state index in [0.29, 0.717) is 10.6 Å². The number of hydrogen-bond acceptors (Lipinski definition) is 4. The van der Waals surface area contributed by atoms with Crippen molar-refractivity contribution >= 4 is 38.9 Å². The highest BCUT2D eigenvalue weighted by molar-refractivity contribution is 9.10. The van der Waals surface area contributed by atoms with Crippen LogP contribution in [0.15, 0.2) is 28.7 Å². The van der Waals surface area contributed by atoms with Crippen LogP contribution >= 0.6 is 27.3 Å². The molecule has 18 heavy (non-hydrogen) atoms. The summed E-state index contributed by atoms with van der Waals surface area (Å²) in [6.45, 7) is 2.02. The van der Waals surface area contributed by atoms with Gasteiger partial charge in [-0.25, -0.2) is 4.79 Å². The molecule has 0 saturated carbocycles. The van der Waals surface area contributed by atoms with Crippen molar-refractivity contribution in [1.82, 2.24) is 0 Å². The van der Waals surface area contributed by atoms with Gasteiger partial charge in [-0.3, -0.25) is 0 Å². The molecule has 0 aliphatic carbocycles. The third-order valence-electron chi connectivity index (χ3n) is 2.60. The van der Waals surface area contributed by atoms with Gasteiger partial charge in [0.15, 0.2) is 0 Å². The van der Waals surface area contributed by atoms with Crippen molar-refractivity contribution in [2.24, 2.45) is 0 Å². The number of aryl methyl sites for hydroxylation is 1. The van der Waals surface area contributed by atoms with Crippen LogP contribution in [0.4, 0.5) is 5.69 Å². The van der Waals surface area contributed by atoms with E-state index in [0.717, 1.165) is 20.5 Å². The molecule has 0 atom stereocenters. The quantitative estimate of drug-likeness (QED) is 0.853. The molecule has 0 aliphatic heterocycles. The molecule has 2 aromatic rings. The van der Waals surface area contributed by atoms with Crippen LogP contribution in [-0.2, 0) is 4.74 Å². The Hall–Kier alpha value is -1.33. The van der Waals surface area contributed by atoms with Gasteiger partial charge < -0.3 is 10.5 Å². The van der Waals surface area contributed by atoms with Gasteiger partial charge in [-0.2, -0.15) is 0 Å². The predicted octanol–water partition coefficient (Wildman–Crippen LogP) is 3.85. The lowest BCUT2D eigenvalue weighted by atomic mass is 10.1. The Morgan fingerprint density at radius 3 is 2.78 bits per heavy atom. The molecule has 2 N–H and O–H groups in total. The first-order chi connectivity index (χ1) is 8.52. The molecular weight excluding hydrogens is 314 g/mol. The summed E-state index contributed by atoms with van der Waals surface area (Å²) < 4.78 is 5.70. The maximum absolute atomic E-state index is 11.5. The molecule has 3 nitrogen and oxygen atoms in total. The molecule has 0 fully saturated rings. The Morgan fingerprint density at radius 2 is 2.11 bits per heavy atom. The summed E-state index contributed by atoms with van der Waals surface area (Å²) in [6, 6.07) is 7.83. The first-order valence-corrected chi connectivity index (χ1v) is 6.88. The summed E-state index contributed by atoms with van der Waals surface area (Å²) in [6.07, 6.45) is 0. The van der Waals surface area contributed by atoms with Crippen molar-refractivity contribution in [3.63, 3.8) is 0 Å². The van der Waals surface area contributed by atoms with E-state index < -0.39 is 5.97 Å². The van der Waals surface area contributed by atoms with Gasteiger partial charge in [0.25, 0.3) is 0 Å². The highest BCUT2D eigenvalue weighted by atomic mass is 79.9. The zero-order valence-corrected chi connectivity index (χ0v) is 12.4. The molecule has 94 valence electrons. The molecule has 1 aromatic carbocycles. The molecule has 0 aliphatic rings. The van der Waals surface area contributed by atoms with Crippen LogP contribution in [0.1, 0.15) is 15.2 Å². The van der Waals surface area contributed by atoms with Crippen molar-refractivity contribution in [2.75, 3.05) is 12.8 Å². The topological polar surface area (TPSA) is 52.3 Å². The number of carbonyl (C=O) groups excluding carboxylic acids is 1. The van der Waals surface area contributed by atoms with Crippen LogP contribution in [-0.4, -0.2) is 13.1 Å². The summed E-state index contributed by atoms with van der Waals surface area (Å²) in [5, 5.41) is 0. The number of ether oxygens (including phenoxy) is 1. The normalized spacial score (nSPS) is 10.4. The van der Waals surface area contributed by atoms with Crippen molar-refractivity contribution in [3.05, 3.63) is 39.2 Å². The molecule has 0 saturated heterocycles. The number of esters is 1. The zero-order chi connectivity index (χ0) is 13.3. The van der Waals surface area contributed by atoms with Crippen LogP contribution < -0.4 is 5.73 Å². The lowest BCUT2D eigenvalue weighted by molar-refractivity contribution is 0.0607. The fraction of sp³-hybridized carbons (Fsp3) is 0.154. The van der Waals surface area contributed by atoms with E-state index in [1.54, 1.807) is 0 Å². The largest absolute Gasteiger partial charge is 0.465 e. The van der Waals surface area contributed by atoms with Gasteiger partial charge in [-0.15, -0.1) is 11.3 Å². The highest BCUT2D eigenvalue weighted by Gasteiger charge is 2.16. The number of anilines is 1. The van der Waals surface area contributed by atoms with E-state index in [1.807, 2.05) is 31.2 Å². The maximum atomic E-state index is 11.5. The van der Waals surface area contributed by atoms with Gasteiger partial charge in [-0.1, -0.05) is 22.0 Å². The average molecular weight is 326 g/mol. The molecule has 0 radical (unpaired) electrons. The summed E-state index contributed by atoms with van der Waals surface area (Å²) in [7, 11) is 1.35. The second-order valence-corrected chi connectivity index (χ2v) is 5.81. The lowest BCUT2D eigenvalue weighted by Crippen LogP contribution is -2.00. The van der Waals surface area contributed by atoms with E-state index in [1.165, 1.54) is 18.4 Å². The minimum Gasteiger partial charge on any atom is -0.465 e. The summed E-state index contributed by atoms with van der Waals surface area (Å²) in [5.74, 6) is -0.392. The smallest absolute Gasteiger partial charge is 0.350 e. The molecular formula is C13H12BrNO2S. The summed E-state index contributed by atoms with van der Waals surface area (Å²) in [5.41, 5.74) is 8.50. The number of hydrogen-bond donors (Lipinski definition) is 1. The average Bonchev–Trinajstić information content (AvgIpc) is 2.73. The van der Waals surface area contributed by atoms with E-state index in [2.05, 4.69) is 15.9 Å². The minimum absolute atomic E-state index is 0.392. The number of thiophene rings is 1. The molecule has 0 spiro atoms. The van der Waals surface area contributed by atoms with Gasteiger partial charge in [0, 0.05) is 9.35 Å². The molecule has 1 aromatic heterocycles. The van der Waals surface area contributed by atoms with Crippen LogP contribution in [0.5, 0.6) is 0 Å². The van der Waals surface area contributed by atoms with Crippen molar-refractivity contribution in [3.8, 4) is 10.4 Å². The Labute approximate surface area is 118 Å². The van der Waals surface area contributed by atoms with Gasteiger partial charge >= 0.3 is 5.97 Å². The van der Waals surface area contributed by atoms with Gasteiger partial charge in [0.05, 0.1) is 12.8 Å². The summed E-state index contributed by atoms with van der Waals surface area (Å²) in [4.78, 5) is 12.9. The monoisotopic (exact) mass is 325 g/mol. The SMILES string of the molecule is COC(=O)c1sc(-c2cc(Br)ccc2C)cc1N. The third-order valence-corrected chi connectivity index (χ3v) is 4.25. The van der Waals surface area contributed by atoms with E-state index in [9.17, 15) is 4.79 Å². The molecule has 0 amide bonds. The van der Waals surface area contributed by atoms with Crippen molar-refractivity contribution < 1.29 is 9.53 Å². The first kappa shape index (κ1) is 13.1.